The van der Waals surface area contributed by atoms with Gasteiger partial charge >= 0.3 is 6.03 Å². The molecule has 0 aromatic heterocycles. The summed E-state index contributed by atoms with van der Waals surface area (Å²) < 4.78 is 16.2. The molecule has 0 spiro atoms. The molecule has 1 aliphatic rings. The molecule has 1 fully saturated rings. The van der Waals surface area contributed by atoms with Crippen molar-refractivity contribution in [2.24, 2.45) is 0 Å². The van der Waals surface area contributed by atoms with Gasteiger partial charge < -0.3 is 44.9 Å². The van der Waals surface area contributed by atoms with Gasteiger partial charge in [-0.1, -0.05) is 12.1 Å². The molecule has 0 bridgehead atoms. The minimum absolute atomic E-state index is 0.178. The number of piperazine rings is 1. The molecule has 1 heterocycles. The number of hydrogen-bond acceptors (Lipinski definition) is 8. The van der Waals surface area contributed by atoms with Crippen molar-refractivity contribution in [3.05, 3.63) is 66.2 Å². The average Bonchev–Trinajstić information content (AvgIpc) is 3.02. The topological polar surface area (TPSA) is 108 Å². The molecule has 0 aliphatic carbocycles. The van der Waals surface area contributed by atoms with Crippen LogP contribution in [0, 0.1) is 0 Å². The molecule has 1 aliphatic heterocycles. The highest BCUT2D eigenvalue weighted by Crippen LogP contribution is 2.31. The predicted octanol–water partition coefficient (Wildman–Crippen LogP) is 4.36. The highest BCUT2D eigenvalue weighted by Gasteiger charge is 2.24. The van der Waals surface area contributed by atoms with Crippen LogP contribution in [0.2, 0.25) is 0 Å². The zero-order chi connectivity index (χ0) is 30.8. The normalized spacial score (nSPS) is 13.0. The smallest absolute Gasteiger partial charge is 0.323 e. The zero-order valence-electron chi connectivity index (χ0n) is 25.6. The summed E-state index contributed by atoms with van der Waals surface area (Å²) in [6.07, 6.45) is 0.829. The molecule has 230 valence electrons. The Hall–Kier alpha value is -4.64. The van der Waals surface area contributed by atoms with Crippen molar-refractivity contribution >= 4 is 34.7 Å². The van der Waals surface area contributed by atoms with Crippen LogP contribution in [0.1, 0.15) is 16.8 Å². The van der Waals surface area contributed by atoms with Gasteiger partial charge in [0.1, 0.15) is 17.2 Å². The number of carbonyl (C=O) groups excluding carboxylic acids is 2. The van der Waals surface area contributed by atoms with Crippen molar-refractivity contribution < 1.29 is 23.8 Å². The summed E-state index contributed by atoms with van der Waals surface area (Å²) in [4.78, 5) is 33.0. The Balaban J connectivity index is 1.50. The molecule has 11 heteroatoms. The van der Waals surface area contributed by atoms with Gasteiger partial charge in [-0.2, -0.15) is 0 Å². The first-order valence-corrected chi connectivity index (χ1v) is 14.3. The summed E-state index contributed by atoms with van der Waals surface area (Å²) in [5, 5.41) is 8.72. The van der Waals surface area contributed by atoms with Crippen LogP contribution in [0.5, 0.6) is 17.2 Å². The number of para-hydroxylation sites is 2. The second kappa shape index (κ2) is 15.0. The third-order valence-corrected chi connectivity index (χ3v) is 7.22. The van der Waals surface area contributed by atoms with Crippen LogP contribution in [0.25, 0.3) is 0 Å². The number of methoxy groups -OCH3 is 3. The van der Waals surface area contributed by atoms with Gasteiger partial charge in [-0.3, -0.25) is 4.79 Å². The minimum Gasteiger partial charge on any atom is -0.497 e. The van der Waals surface area contributed by atoms with Crippen LogP contribution < -0.4 is 40.0 Å². The number of nitrogens with one attached hydrogen (secondary N) is 3. The first-order valence-electron chi connectivity index (χ1n) is 14.3. The molecule has 43 heavy (non-hydrogen) atoms. The van der Waals surface area contributed by atoms with Gasteiger partial charge in [0.25, 0.3) is 5.91 Å². The summed E-state index contributed by atoms with van der Waals surface area (Å²) in [5.74, 6) is 1.77. The lowest BCUT2D eigenvalue weighted by Crippen LogP contribution is -2.47. The Kier molecular flexibility index (Phi) is 10.9. The predicted molar refractivity (Wildman–Crippen MR) is 172 cm³/mol. The number of nitrogens with zero attached hydrogens (tertiary/aromatic N) is 3. The molecule has 3 N–H and O–H groups in total. The quantitative estimate of drug-likeness (QED) is 0.267. The van der Waals surface area contributed by atoms with E-state index in [1.54, 1.807) is 45.6 Å². The van der Waals surface area contributed by atoms with E-state index < -0.39 is 6.03 Å². The van der Waals surface area contributed by atoms with E-state index in [2.05, 4.69) is 36.7 Å². The van der Waals surface area contributed by atoms with Crippen LogP contribution >= 0.6 is 0 Å². The molecular formula is C32H42N6O5. The number of hydrogen-bond donors (Lipinski definition) is 3. The molecule has 0 saturated carbocycles. The van der Waals surface area contributed by atoms with Crippen molar-refractivity contribution in [3.8, 4) is 17.2 Å². The number of amides is 3. The Morgan fingerprint density at radius 1 is 0.767 bits per heavy atom. The lowest BCUT2D eigenvalue weighted by Gasteiger charge is -2.38. The third-order valence-electron chi connectivity index (χ3n) is 7.22. The lowest BCUT2D eigenvalue weighted by molar-refractivity contribution is 0.0952. The van der Waals surface area contributed by atoms with Crippen LogP contribution in [-0.4, -0.2) is 91.5 Å². The highest BCUT2D eigenvalue weighted by atomic mass is 16.5. The van der Waals surface area contributed by atoms with Crippen LogP contribution in [0.4, 0.5) is 27.5 Å². The van der Waals surface area contributed by atoms with Crippen molar-refractivity contribution in [3.63, 3.8) is 0 Å². The minimum atomic E-state index is -0.453. The van der Waals surface area contributed by atoms with Crippen LogP contribution in [-0.2, 0) is 0 Å². The van der Waals surface area contributed by atoms with Crippen molar-refractivity contribution in [2.75, 3.05) is 95.1 Å². The van der Waals surface area contributed by atoms with Gasteiger partial charge in [0.2, 0.25) is 0 Å². The van der Waals surface area contributed by atoms with Gasteiger partial charge in [0.05, 0.1) is 32.6 Å². The van der Waals surface area contributed by atoms with Gasteiger partial charge in [-0.15, -0.1) is 0 Å². The summed E-state index contributed by atoms with van der Waals surface area (Å²) >= 11 is 0. The largest absolute Gasteiger partial charge is 0.497 e. The standard InChI is InChI=1S/C32H42N6O5/c1-36(2)14-8-13-33-31(39)27-21-23(34-32(40)35-24-19-25(41-3)22-26(20-24)42-4)11-12-28(27)37-15-17-38(18-16-37)29-9-6-7-10-30(29)43-5/h6-7,9-12,19-22H,8,13-18H2,1-5H3,(H,33,39)(H2,34,35,40). The van der Waals surface area contributed by atoms with Crippen molar-refractivity contribution in [1.82, 2.24) is 10.2 Å². The SMILES string of the molecule is COc1cc(NC(=O)Nc2ccc(N3CCN(c4ccccc4OC)CC3)c(C(=O)NCCCN(C)C)c2)cc(OC)c1. The number of anilines is 4. The molecule has 4 rings (SSSR count). The second-order valence-corrected chi connectivity index (χ2v) is 10.5. The fourth-order valence-corrected chi connectivity index (χ4v) is 5.02. The fraction of sp³-hybridized carbons (Fsp3) is 0.375. The molecule has 11 nitrogen and oxygen atoms in total. The highest BCUT2D eigenvalue weighted by molar-refractivity contribution is 6.04. The molecule has 3 amide bonds. The van der Waals surface area contributed by atoms with Gasteiger partial charge in [0.15, 0.2) is 0 Å². The second-order valence-electron chi connectivity index (χ2n) is 10.5. The number of benzene rings is 3. The first kappa shape index (κ1) is 31.3. The van der Waals surface area contributed by atoms with Gasteiger partial charge in [-0.05, 0) is 57.4 Å². The van der Waals surface area contributed by atoms with E-state index in [0.29, 0.717) is 35.0 Å². The number of rotatable bonds is 12. The fourth-order valence-electron chi connectivity index (χ4n) is 5.02. The van der Waals surface area contributed by atoms with Crippen molar-refractivity contribution in [1.29, 1.82) is 0 Å². The van der Waals surface area contributed by atoms with E-state index in [1.807, 2.05) is 44.4 Å². The Bertz CT molecular complexity index is 1370. The molecule has 1 saturated heterocycles. The maximum Gasteiger partial charge on any atom is 0.323 e. The number of urea groups is 1. The Labute approximate surface area is 253 Å². The summed E-state index contributed by atoms with van der Waals surface area (Å²) in [6.45, 7) is 4.42. The third kappa shape index (κ3) is 8.45. The maximum atomic E-state index is 13.5. The zero-order valence-corrected chi connectivity index (χ0v) is 25.6. The molecular weight excluding hydrogens is 548 g/mol. The molecule has 0 atom stereocenters. The molecule has 0 unspecified atom stereocenters. The maximum absolute atomic E-state index is 13.5. The monoisotopic (exact) mass is 590 g/mol. The Morgan fingerprint density at radius 2 is 1.40 bits per heavy atom. The number of carbonyl (C=O) groups is 2. The van der Waals surface area contributed by atoms with E-state index in [9.17, 15) is 9.59 Å². The summed E-state index contributed by atoms with van der Waals surface area (Å²) in [6, 6.07) is 18.1. The van der Waals surface area contributed by atoms with Crippen molar-refractivity contribution in [2.45, 2.75) is 6.42 Å². The van der Waals surface area contributed by atoms with E-state index in [-0.39, 0.29) is 5.91 Å². The lowest BCUT2D eigenvalue weighted by atomic mass is 10.1. The number of ether oxygens (including phenoxy) is 3. The van der Waals surface area contributed by atoms with E-state index in [4.69, 9.17) is 14.2 Å². The molecule has 3 aromatic carbocycles. The molecule has 0 radical (unpaired) electrons. The summed E-state index contributed by atoms with van der Waals surface area (Å²) in [5.41, 5.74) is 3.41. The van der Waals surface area contributed by atoms with E-state index in [1.165, 1.54) is 0 Å². The van der Waals surface area contributed by atoms with E-state index in [0.717, 1.165) is 56.3 Å². The molecule has 3 aromatic rings. The van der Waals surface area contributed by atoms with Gasteiger partial charge in [-0.25, -0.2) is 4.79 Å². The van der Waals surface area contributed by atoms with Crippen LogP contribution in [0.3, 0.4) is 0 Å². The van der Waals surface area contributed by atoms with E-state index >= 15 is 0 Å². The van der Waals surface area contributed by atoms with Gasteiger partial charge in [0, 0.05) is 68.0 Å². The summed E-state index contributed by atoms with van der Waals surface area (Å²) in [7, 11) is 8.79. The average molecular weight is 591 g/mol. The van der Waals surface area contributed by atoms with Crippen LogP contribution in [0.15, 0.2) is 60.7 Å². The first-order chi connectivity index (χ1) is 20.8. The Morgan fingerprint density at radius 3 is 2.02 bits per heavy atom.